The van der Waals surface area contributed by atoms with E-state index >= 15 is 0 Å². The molecule has 2 aromatic carbocycles. The zero-order valence-electron chi connectivity index (χ0n) is 21.6. The Balaban J connectivity index is 0.000000202. The van der Waals surface area contributed by atoms with E-state index in [0.29, 0.717) is 24.3 Å². The summed E-state index contributed by atoms with van der Waals surface area (Å²) < 4.78 is 10.1. The maximum atomic E-state index is 11.8. The van der Waals surface area contributed by atoms with Crippen molar-refractivity contribution in [3.63, 3.8) is 0 Å². The first-order chi connectivity index (χ1) is 17.6. The maximum absolute atomic E-state index is 11.8. The summed E-state index contributed by atoms with van der Waals surface area (Å²) >= 11 is 0. The molecule has 0 atom stereocenters. The zero-order valence-corrected chi connectivity index (χ0v) is 21.6. The van der Waals surface area contributed by atoms with Gasteiger partial charge in [0, 0.05) is 63.7 Å². The Labute approximate surface area is 214 Å². The fourth-order valence-corrected chi connectivity index (χ4v) is 4.07. The van der Waals surface area contributed by atoms with Gasteiger partial charge in [-0.15, -0.1) is 0 Å². The van der Waals surface area contributed by atoms with Crippen molar-refractivity contribution in [2.45, 2.75) is 26.7 Å². The highest BCUT2D eigenvalue weighted by Crippen LogP contribution is 2.17. The van der Waals surface area contributed by atoms with Crippen molar-refractivity contribution in [1.82, 2.24) is 10.6 Å². The van der Waals surface area contributed by atoms with Gasteiger partial charge in [0.15, 0.2) is 0 Å². The Morgan fingerprint density at radius 1 is 0.694 bits per heavy atom. The molecule has 0 amide bonds. The molecule has 2 aromatic rings. The molecular formula is C28H40N4O4. The van der Waals surface area contributed by atoms with Crippen LogP contribution in [0, 0.1) is 0 Å². The fourth-order valence-electron chi connectivity index (χ4n) is 4.07. The minimum absolute atomic E-state index is 0.222. The first-order valence-corrected chi connectivity index (χ1v) is 13.1. The van der Waals surface area contributed by atoms with Crippen molar-refractivity contribution in [3.8, 4) is 0 Å². The van der Waals surface area contributed by atoms with Crippen LogP contribution in [-0.4, -0.2) is 77.5 Å². The van der Waals surface area contributed by atoms with E-state index in [1.54, 1.807) is 0 Å². The number of anilines is 2. The number of hydrogen-bond acceptors (Lipinski definition) is 8. The molecular weight excluding hydrogens is 456 g/mol. The Morgan fingerprint density at radius 2 is 1.11 bits per heavy atom. The molecule has 0 unspecified atom stereocenters. The molecule has 196 valence electrons. The van der Waals surface area contributed by atoms with Crippen molar-refractivity contribution in [2.24, 2.45) is 0 Å². The van der Waals surface area contributed by atoms with E-state index in [1.165, 1.54) is 11.4 Å². The lowest BCUT2D eigenvalue weighted by molar-refractivity contribution is 0.0496. The molecule has 36 heavy (non-hydrogen) atoms. The summed E-state index contributed by atoms with van der Waals surface area (Å²) in [5.74, 6) is -0.473. The van der Waals surface area contributed by atoms with E-state index in [-0.39, 0.29) is 11.9 Å². The highest BCUT2D eigenvalue weighted by molar-refractivity contribution is 5.90. The molecule has 0 aromatic heterocycles. The topological polar surface area (TPSA) is 83.1 Å². The van der Waals surface area contributed by atoms with Crippen LogP contribution >= 0.6 is 0 Å². The van der Waals surface area contributed by atoms with Crippen LogP contribution in [0.15, 0.2) is 48.5 Å². The third kappa shape index (κ3) is 8.53. The molecule has 2 saturated heterocycles. The summed E-state index contributed by atoms with van der Waals surface area (Å²) in [6, 6.07) is 15.3. The Hall–Kier alpha value is -3.10. The van der Waals surface area contributed by atoms with Gasteiger partial charge in [0.2, 0.25) is 0 Å². The van der Waals surface area contributed by atoms with Gasteiger partial charge in [-0.3, -0.25) is 0 Å². The number of esters is 2. The van der Waals surface area contributed by atoms with Gasteiger partial charge >= 0.3 is 11.9 Å². The molecule has 2 N–H and O–H groups in total. The van der Waals surface area contributed by atoms with Crippen molar-refractivity contribution in [1.29, 1.82) is 0 Å². The lowest BCUT2D eigenvalue weighted by Crippen LogP contribution is -2.43. The number of carbonyl (C=O) groups is 2. The SMILES string of the molecule is CCCCOC(=O)c1ccc(N2CCNCC2)cc1.CCOC(=O)c1ccc(N2CCNCC2)cc1. The second-order valence-electron chi connectivity index (χ2n) is 8.78. The van der Waals surface area contributed by atoms with Crippen molar-refractivity contribution in [2.75, 3.05) is 75.4 Å². The van der Waals surface area contributed by atoms with Crippen molar-refractivity contribution in [3.05, 3.63) is 59.7 Å². The Morgan fingerprint density at radius 3 is 1.50 bits per heavy atom. The first-order valence-electron chi connectivity index (χ1n) is 13.1. The van der Waals surface area contributed by atoms with E-state index in [0.717, 1.165) is 65.2 Å². The minimum Gasteiger partial charge on any atom is -0.462 e. The number of piperazine rings is 2. The third-order valence-electron chi connectivity index (χ3n) is 6.18. The molecule has 2 aliphatic rings. The first kappa shape index (κ1) is 27.5. The van der Waals surface area contributed by atoms with Gasteiger partial charge in [-0.05, 0) is 61.9 Å². The highest BCUT2D eigenvalue weighted by Gasteiger charge is 2.13. The predicted octanol–water partition coefficient (Wildman–Crippen LogP) is 3.33. The summed E-state index contributed by atoms with van der Waals surface area (Å²) in [7, 11) is 0. The standard InChI is InChI=1S/C15H22N2O2.C13H18N2O2/c1-2-3-12-19-15(18)13-4-6-14(7-5-13)17-10-8-16-9-11-17;1-2-17-13(16)11-3-5-12(6-4-11)15-9-7-14-8-10-15/h4-7,16H,2-3,8-12H2,1H3;3-6,14H,2,7-10H2,1H3. The maximum Gasteiger partial charge on any atom is 0.338 e. The molecule has 8 heteroatoms. The van der Waals surface area contributed by atoms with Gasteiger partial charge in [0.25, 0.3) is 0 Å². The number of benzene rings is 2. The second kappa shape index (κ2) is 15.1. The molecule has 4 rings (SSSR count). The number of hydrogen-bond donors (Lipinski definition) is 2. The lowest BCUT2D eigenvalue weighted by atomic mass is 10.2. The van der Waals surface area contributed by atoms with Crippen LogP contribution in [0.4, 0.5) is 11.4 Å². The molecule has 0 spiro atoms. The number of nitrogens with zero attached hydrogens (tertiary/aromatic N) is 2. The smallest absolute Gasteiger partial charge is 0.338 e. The highest BCUT2D eigenvalue weighted by atomic mass is 16.5. The normalized spacial score (nSPS) is 15.5. The van der Waals surface area contributed by atoms with Crippen LogP contribution in [0.1, 0.15) is 47.4 Å². The Kier molecular flexibility index (Phi) is 11.5. The second-order valence-corrected chi connectivity index (χ2v) is 8.78. The Bertz CT molecular complexity index is 922. The number of rotatable bonds is 8. The molecule has 2 aliphatic heterocycles. The molecule has 2 fully saturated rings. The molecule has 0 bridgehead atoms. The average molecular weight is 497 g/mol. The average Bonchev–Trinajstić information content (AvgIpc) is 2.95. The van der Waals surface area contributed by atoms with E-state index in [9.17, 15) is 9.59 Å². The number of unbranched alkanes of at least 4 members (excludes halogenated alkanes) is 1. The van der Waals surface area contributed by atoms with Crippen LogP contribution in [0.25, 0.3) is 0 Å². The van der Waals surface area contributed by atoms with Crippen molar-refractivity contribution >= 4 is 23.3 Å². The van der Waals surface area contributed by atoms with Gasteiger partial charge < -0.3 is 29.9 Å². The number of ether oxygens (including phenoxy) is 2. The summed E-state index contributed by atoms with van der Waals surface area (Å²) in [6.07, 6.45) is 1.96. The van der Waals surface area contributed by atoms with E-state index < -0.39 is 0 Å². The lowest BCUT2D eigenvalue weighted by Gasteiger charge is -2.29. The summed E-state index contributed by atoms with van der Waals surface area (Å²) in [4.78, 5) is 27.9. The van der Waals surface area contributed by atoms with Crippen LogP contribution in [0.5, 0.6) is 0 Å². The molecule has 0 saturated carbocycles. The summed E-state index contributed by atoms with van der Waals surface area (Å²) in [5.41, 5.74) is 3.59. The summed E-state index contributed by atoms with van der Waals surface area (Å²) in [6.45, 7) is 12.9. The van der Waals surface area contributed by atoms with E-state index in [1.807, 2.05) is 55.5 Å². The van der Waals surface area contributed by atoms with Crippen LogP contribution in [-0.2, 0) is 9.47 Å². The van der Waals surface area contributed by atoms with Crippen molar-refractivity contribution < 1.29 is 19.1 Å². The zero-order chi connectivity index (χ0) is 25.6. The van der Waals surface area contributed by atoms with Gasteiger partial charge in [0.1, 0.15) is 0 Å². The molecule has 0 radical (unpaired) electrons. The molecule has 8 nitrogen and oxygen atoms in total. The van der Waals surface area contributed by atoms with Gasteiger partial charge in [-0.1, -0.05) is 13.3 Å². The third-order valence-corrected chi connectivity index (χ3v) is 6.18. The quantitative estimate of drug-likeness (QED) is 0.426. The van der Waals surface area contributed by atoms with Gasteiger partial charge in [-0.2, -0.15) is 0 Å². The monoisotopic (exact) mass is 496 g/mol. The van der Waals surface area contributed by atoms with Crippen LogP contribution in [0.2, 0.25) is 0 Å². The molecule has 2 heterocycles. The summed E-state index contributed by atoms with van der Waals surface area (Å²) in [5, 5.41) is 6.64. The molecule has 0 aliphatic carbocycles. The van der Waals surface area contributed by atoms with E-state index in [2.05, 4.69) is 27.4 Å². The number of carbonyl (C=O) groups excluding carboxylic acids is 2. The largest absolute Gasteiger partial charge is 0.462 e. The van der Waals surface area contributed by atoms with Gasteiger partial charge in [-0.25, -0.2) is 9.59 Å². The fraction of sp³-hybridized carbons (Fsp3) is 0.500. The van der Waals surface area contributed by atoms with Crippen LogP contribution in [0.3, 0.4) is 0 Å². The predicted molar refractivity (Wildman–Crippen MR) is 144 cm³/mol. The van der Waals surface area contributed by atoms with E-state index in [4.69, 9.17) is 9.47 Å². The van der Waals surface area contributed by atoms with Gasteiger partial charge in [0.05, 0.1) is 24.3 Å². The minimum atomic E-state index is -0.251. The van der Waals surface area contributed by atoms with Crippen LogP contribution < -0.4 is 20.4 Å². The number of nitrogens with one attached hydrogen (secondary N) is 2.